The molecule has 1 aliphatic heterocycles. The molecule has 11 heavy (non-hydrogen) atoms. The van der Waals surface area contributed by atoms with E-state index in [4.69, 9.17) is 0 Å². The van der Waals surface area contributed by atoms with Gasteiger partial charge in [-0.25, -0.2) is 0 Å². The Balaban J connectivity index is 2.68. The number of aldehydes is 1. The first-order valence-corrected chi connectivity index (χ1v) is 5.13. The molecule has 1 unspecified atom stereocenters. The number of rotatable bonds is 3. The number of hydrogen-bond donors (Lipinski definition) is 1. The van der Waals surface area contributed by atoms with Crippen LogP contribution >= 0.6 is 10.2 Å². The lowest BCUT2D eigenvalue weighted by Crippen LogP contribution is -2.25. The summed E-state index contributed by atoms with van der Waals surface area (Å²) in [5.74, 6) is 0.503. The molecule has 0 radical (unpaired) electrons. The zero-order chi connectivity index (χ0) is 8.32. The molecule has 4 nitrogen and oxygen atoms in total. The van der Waals surface area contributed by atoms with Gasteiger partial charge in [0.2, 0.25) is 0 Å². The quantitative estimate of drug-likeness (QED) is 0.595. The molecular weight excluding hydrogens is 166 g/mol. The summed E-state index contributed by atoms with van der Waals surface area (Å²) in [6.45, 7) is 0. The maximum Gasteiger partial charge on any atom is 0.177 e. The Labute approximate surface area is 65.8 Å². The van der Waals surface area contributed by atoms with Crippen molar-refractivity contribution in [2.24, 2.45) is 0 Å². The van der Waals surface area contributed by atoms with E-state index < -0.39 is 10.2 Å². The molecule has 0 aromatic heterocycles. The summed E-state index contributed by atoms with van der Waals surface area (Å²) in [7, 11) is -1.94. The van der Waals surface area contributed by atoms with Crippen molar-refractivity contribution in [1.29, 1.82) is 0 Å². The average molecular weight is 175 g/mol. The molecule has 1 saturated heterocycles. The third kappa shape index (κ3) is 1.49. The van der Waals surface area contributed by atoms with Crippen LogP contribution in [0.5, 0.6) is 0 Å². The summed E-state index contributed by atoms with van der Waals surface area (Å²) >= 11 is 0. The van der Waals surface area contributed by atoms with Crippen molar-refractivity contribution >= 4 is 27.7 Å². The van der Waals surface area contributed by atoms with Crippen molar-refractivity contribution in [3.8, 4) is 0 Å². The van der Waals surface area contributed by atoms with Crippen molar-refractivity contribution in [1.82, 2.24) is 4.72 Å². The Kier molecular flexibility index (Phi) is 2.41. The molecule has 0 amide bonds. The molecule has 62 valence electrons. The maximum absolute atomic E-state index is 10.4. The van der Waals surface area contributed by atoms with Crippen molar-refractivity contribution in [3.63, 3.8) is 0 Å². The number of carbonyl (C=O) groups is 3. The Morgan fingerprint density at radius 1 is 1.27 bits per heavy atom. The summed E-state index contributed by atoms with van der Waals surface area (Å²) < 4.78 is 2.73. The van der Waals surface area contributed by atoms with Gasteiger partial charge < -0.3 is 4.79 Å². The second kappa shape index (κ2) is 3.15. The fourth-order valence-electron chi connectivity index (χ4n) is 0.992. The van der Waals surface area contributed by atoms with E-state index in [1.54, 1.807) is 0 Å². The third-order valence-electron chi connectivity index (χ3n) is 1.65. The van der Waals surface area contributed by atoms with Crippen LogP contribution in [0.4, 0.5) is 0 Å². The van der Waals surface area contributed by atoms with Crippen molar-refractivity contribution in [3.05, 3.63) is 0 Å². The number of carbonyl (C=O) groups excluding carboxylic acids is 3. The van der Waals surface area contributed by atoms with E-state index in [1.165, 1.54) is 0 Å². The first kappa shape index (κ1) is 8.42. The molecule has 5 heteroatoms. The SMILES string of the molecule is O=CC1CCS(C=O)(C=O)N1. The summed E-state index contributed by atoms with van der Waals surface area (Å²) in [5, 5.41) is 0. The van der Waals surface area contributed by atoms with Crippen molar-refractivity contribution < 1.29 is 14.4 Å². The second-order valence-electron chi connectivity index (χ2n) is 2.40. The topological polar surface area (TPSA) is 63.2 Å². The van der Waals surface area contributed by atoms with Crippen LogP contribution in [-0.4, -0.2) is 29.3 Å². The van der Waals surface area contributed by atoms with E-state index in [2.05, 4.69) is 4.72 Å². The predicted molar refractivity (Wildman–Crippen MR) is 43.6 cm³/mol. The van der Waals surface area contributed by atoms with Gasteiger partial charge in [0, 0.05) is 5.75 Å². The van der Waals surface area contributed by atoms with Gasteiger partial charge in [0.05, 0.1) is 6.04 Å². The van der Waals surface area contributed by atoms with E-state index in [0.29, 0.717) is 23.4 Å². The molecule has 1 N–H and O–H groups in total. The van der Waals surface area contributed by atoms with Gasteiger partial charge in [0.15, 0.2) is 11.2 Å². The van der Waals surface area contributed by atoms with E-state index in [-0.39, 0.29) is 6.04 Å². The molecule has 1 atom stereocenters. The lowest BCUT2D eigenvalue weighted by atomic mass is 10.3. The van der Waals surface area contributed by atoms with E-state index in [1.807, 2.05) is 0 Å². The molecule has 0 aliphatic carbocycles. The lowest BCUT2D eigenvalue weighted by molar-refractivity contribution is -0.109. The molecule has 1 rings (SSSR count). The molecule has 0 spiro atoms. The standard InChI is InChI=1S/C6H9NO3S/c8-3-6-1-2-11(4-9,5-10)7-6/h3-7H,1-2H2. The Bertz CT molecular complexity index is 186. The predicted octanol–water partition coefficient (Wildman–Crippen LogP) is -0.353. The van der Waals surface area contributed by atoms with Gasteiger partial charge in [-0.2, -0.15) is 0 Å². The molecule has 0 aromatic carbocycles. The molecule has 1 fully saturated rings. The van der Waals surface area contributed by atoms with Crippen molar-refractivity contribution in [2.75, 3.05) is 5.75 Å². The zero-order valence-corrected chi connectivity index (χ0v) is 6.67. The van der Waals surface area contributed by atoms with E-state index >= 15 is 0 Å². The van der Waals surface area contributed by atoms with Crippen LogP contribution in [0.3, 0.4) is 0 Å². The highest BCUT2D eigenvalue weighted by molar-refractivity contribution is 8.52. The fraction of sp³-hybridized carbons (Fsp3) is 0.500. The van der Waals surface area contributed by atoms with Gasteiger partial charge in [0.25, 0.3) is 0 Å². The third-order valence-corrected chi connectivity index (χ3v) is 3.98. The van der Waals surface area contributed by atoms with Gasteiger partial charge in [-0.15, -0.1) is 0 Å². The zero-order valence-electron chi connectivity index (χ0n) is 5.86. The Morgan fingerprint density at radius 2 is 1.91 bits per heavy atom. The largest absolute Gasteiger partial charge is 0.302 e. The van der Waals surface area contributed by atoms with Crippen LogP contribution in [-0.2, 0) is 14.4 Å². The van der Waals surface area contributed by atoms with Gasteiger partial charge in [0.1, 0.15) is 6.29 Å². The van der Waals surface area contributed by atoms with Crippen molar-refractivity contribution in [2.45, 2.75) is 12.5 Å². The minimum absolute atomic E-state index is 0.305. The van der Waals surface area contributed by atoms with Crippen LogP contribution in [0.15, 0.2) is 0 Å². The summed E-state index contributed by atoms with van der Waals surface area (Å²) in [6, 6.07) is -0.305. The number of nitrogens with one attached hydrogen (secondary N) is 1. The minimum Gasteiger partial charge on any atom is -0.302 e. The molecule has 0 aromatic rings. The highest BCUT2D eigenvalue weighted by Crippen LogP contribution is 2.42. The van der Waals surface area contributed by atoms with Gasteiger partial charge >= 0.3 is 0 Å². The fourth-order valence-corrected chi connectivity index (χ4v) is 2.84. The Morgan fingerprint density at radius 3 is 2.18 bits per heavy atom. The van der Waals surface area contributed by atoms with E-state index in [9.17, 15) is 14.4 Å². The molecule has 1 aliphatic rings. The highest BCUT2D eigenvalue weighted by atomic mass is 32.3. The summed E-state index contributed by atoms with van der Waals surface area (Å²) in [5.41, 5.74) is 1.28. The summed E-state index contributed by atoms with van der Waals surface area (Å²) in [4.78, 5) is 31.1. The summed E-state index contributed by atoms with van der Waals surface area (Å²) in [6.07, 6.45) is 1.33. The highest BCUT2D eigenvalue weighted by Gasteiger charge is 2.33. The number of hydrogen-bond acceptors (Lipinski definition) is 4. The normalized spacial score (nSPS) is 30.7. The first-order chi connectivity index (χ1) is 5.26. The van der Waals surface area contributed by atoms with E-state index in [0.717, 1.165) is 6.29 Å². The van der Waals surface area contributed by atoms with Crippen LogP contribution in [0, 0.1) is 0 Å². The van der Waals surface area contributed by atoms with Crippen LogP contribution in [0.25, 0.3) is 0 Å². The van der Waals surface area contributed by atoms with Crippen LogP contribution in [0.1, 0.15) is 6.42 Å². The van der Waals surface area contributed by atoms with Gasteiger partial charge in [-0.3, -0.25) is 14.3 Å². The van der Waals surface area contributed by atoms with Crippen LogP contribution in [0.2, 0.25) is 0 Å². The molecule has 0 saturated carbocycles. The van der Waals surface area contributed by atoms with Gasteiger partial charge in [-0.05, 0) is 6.42 Å². The lowest BCUT2D eigenvalue weighted by Gasteiger charge is -2.20. The smallest absolute Gasteiger partial charge is 0.177 e. The minimum atomic E-state index is -1.94. The average Bonchev–Trinajstić information content (AvgIpc) is 2.49. The second-order valence-corrected chi connectivity index (χ2v) is 5.12. The first-order valence-electron chi connectivity index (χ1n) is 3.20. The molecule has 1 heterocycles. The molecular formula is C6H9NO3S. The Hall–Kier alpha value is -0.680. The van der Waals surface area contributed by atoms with Gasteiger partial charge in [-0.1, -0.05) is 10.2 Å². The van der Waals surface area contributed by atoms with Crippen LogP contribution < -0.4 is 4.72 Å². The maximum atomic E-state index is 10.4. The molecule has 0 bridgehead atoms. The monoisotopic (exact) mass is 175 g/mol.